The smallest absolute Gasteiger partial charge is 0.337 e. The molecule has 0 fully saturated rings. The van der Waals surface area contributed by atoms with Crippen LogP contribution in [0.1, 0.15) is 16.1 Å². The van der Waals surface area contributed by atoms with Crippen molar-refractivity contribution in [3.63, 3.8) is 0 Å². The van der Waals surface area contributed by atoms with Gasteiger partial charge < -0.3 is 9.52 Å². The predicted molar refractivity (Wildman–Crippen MR) is 67.4 cm³/mol. The number of aromatic carboxylic acids is 1. The highest BCUT2D eigenvalue weighted by Crippen LogP contribution is 2.26. The second-order valence-electron chi connectivity index (χ2n) is 3.99. The number of pyridine rings is 1. The molecule has 6 nitrogen and oxygen atoms in total. The highest BCUT2D eigenvalue weighted by Gasteiger charge is 2.16. The first-order valence-corrected chi connectivity index (χ1v) is 5.78. The molecule has 0 atom stereocenters. The van der Waals surface area contributed by atoms with Gasteiger partial charge in [0.1, 0.15) is 5.76 Å². The standard InChI is InChI=1S/C12H8ClN3O3/c1-6-8(2-3-19-6)10-14-15-11-9(13)4-7(12(17)18)5-16(10)11/h2-5H,1H3,(H,17,18). The molecule has 0 aliphatic heterocycles. The first kappa shape index (κ1) is 11.7. The van der Waals surface area contributed by atoms with E-state index in [1.54, 1.807) is 17.4 Å². The fourth-order valence-electron chi connectivity index (χ4n) is 1.87. The second-order valence-corrected chi connectivity index (χ2v) is 4.40. The summed E-state index contributed by atoms with van der Waals surface area (Å²) in [5.74, 6) is 0.102. The minimum Gasteiger partial charge on any atom is -0.478 e. The van der Waals surface area contributed by atoms with E-state index in [4.69, 9.17) is 21.1 Å². The molecule has 0 saturated heterocycles. The van der Waals surface area contributed by atoms with Crippen LogP contribution >= 0.6 is 11.6 Å². The minimum atomic E-state index is -1.06. The number of nitrogens with zero attached hydrogens (tertiary/aromatic N) is 3. The second kappa shape index (κ2) is 4.10. The van der Waals surface area contributed by atoms with Crippen LogP contribution in [0.15, 0.2) is 29.0 Å². The number of carbonyl (C=O) groups is 1. The average molecular weight is 278 g/mol. The van der Waals surface area contributed by atoms with Crippen LogP contribution in [-0.2, 0) is 0 Å². The lowest BCUT2D eigenvalue weighted by Gasteiger charge is -2.02. The Labute approximate surface area is 112 Å². The number of hydrogen-bond donors (Lipinski definition) is 1. The maximum atomic E-state index is 11.1. The summed E-state index contributed by atoms with van der Waals surface area (Å²) in [5.41, 5.74) is 1.22. The van der Waals surface area contributed by atoms with Crippen LogP contribution in [0, 0.1) is 6.92 Å². The molecular formula is C12H8ClN3O3. The van der Waals surface area contributed by atoms with Crippen molar-refractivity contribution in [3.05, 3.63) is 40.9 Å². The molecule has 0 aliphatic carbocycles. The summed E-state index contributed by atoms with van der Waals surface area (Å²) in [5, 5.41) is 17.3. The minimum absolute atomic E-state index is 0.0692. The quantitative estimate of drug-likeness (QED) is 0.779. The van der Waals surface area contributed by atoms with Crippen molar-refractivity contribution >= 4 is 23.2 Å². The molecule has 0 saturated carbocycles. The topological polar surface area (TPSA) is 80.6 Å². The van der Waals surface area contributed by atoms with Crippen molar-refractivity contribution in [1.29, 1.82) is 0 Å². The first-order chi connectivity index (χ1) is 9.08. The molecule has 0 aromatic carbocycles. The molecule has 19 heavy (non-hydrogen) atoms. The number of aryl methyl sites for hydroxylation is 1. The Bertz CT molecular complexity index is 791. The summed E-state index contributed by atoms with van der Waals surface area (Å²) in [4.78, 5) is 11.1. The van der Waals surface area contributed by atoms with Gasteiger partial charge in [-0.2, -0.15) is 0 Å². The van der Waals surface area contributed by atoms with E-state index in [0.29, 0.717) is 17.2 Å². The summed E-state index contributed by atoms with van der Waals surface area (Å²) in [7, 11) is 0. The Morgan fingerprint density at radius 3 is 2.89 bits per heavy atom. The Kier molecular flexibility index (Phi) is 2.53. The monoisotopic (exact) mass is 277 g/mol. The fourth-order valence-corrected chi connectivity index (χ4v) is 2.12. The number of carboxylic acids is 1. The summed E-state index contributed by atoms with van der Waals surface area (Å²) in [6.45, 7) is 1.79. The molecule has 3 heterocycles. The molecule has 0 amide bonds. The van der Waals surface area contributed by atoms with E-state index in [1.807, 2.05) is 0 Å². The van der Waals surface area contributed by atoms with E-state index in [1.165, 1.54) is 18.5 Å². The van der Waals surface area contributed by atoms with Gasteiger partial charge in [0.2, 0.25) is 0 Å². The summed E-state index contributed by atoms with van der Waals surface area (Å²) in [6.07, 6.45) is 2.97. The van der Waals surface area contributed by atoms with Gasteiger partial charge in [-0.15, -0.1) is 10.2 Å². The molecule has 3 aromatic heterocycles. The summed E-state index contributed by atoms with van der Waals surface area (Å²) < 4.78 is 6.76. The zero-order valence-corrected chi connectivity index (χ0v) is 10.5. The van der Waals surface area contributed by atoms with Crippen molar-refractivity contribution < 1.29 is 14.3 Å². The molecule has 0 radical (unpaired) electrons. The van der Waals surface area contributed by atoms with Crippen molar-refractivity contribution in [3.8, 4) is 11.4 Å². The lowest BCUT2D eigenvalue weighted by Crippen LogP contribution is -2.00. The van der Waals surface area contributed by atoms with Crippen LogP contribution in [0.4, 0.5) is 0 Å². The molecule has 96 valence electrons. The number of halogens is 1. The zero-order valence-electron chi connectivity index (χ0n) is 9.79. The maximum absolute atomic E-state index is 11.1. The van der Waals surface area contributed by atoms with Crippen molar-refractivity contribution in [2.45, 2.75) is 6.92 Å². The van der Waals surface area contributed by atoms with Gasteiger partial charge in [0.25, 0.3) is 0 Å². The van der Waals surface area contributed by atoms with Crippen LogP contribution in [-0.4, -0.2) is 25.7 Å². The Hall–Kier alpha value is -2.34. The van der Waals surface area contributed by atoms with Gasteiger partial charge >= 0.3 is 5.97 Å². The molecular weight excluding hydrogens is 270 g/mol. The molecule has 3 aromatic rings. The molecule has 0 spiro atoms. The molecule has 0 aliphatic rings. The van der Waals surface area contributed by atoms with Crippen LogP contribution in [0.25, 0.3) is 17.0 Å². The fraction of sp³-hybridized carbons (Fsp3) is 0.0833. The number of furan rings is 1. The highest BCUT2D eigenvalue weighted by atomic mass is 35.5. The van der Waals surface area contributed by atoms with Crippen LogP contribution in [0.2, 0.25) is 5.02 Å². The number of aromatic nitrogens is 3. The Morgan fingerprint density at radius 2 is 2.26 bits per heavy atom. The van der Waals surface area contributed by atoms with Crippen LogP contribution in [0.5, 0.6) is 0 Å². The predicted octanol–water partition coefficient (Wildman–Crippen LogP) is 2.65. The van der Waals surface area contributed by atoms with Crippen molar-refractivity contribution in [2.75, 3.05) is 0 Å². The molecule has 1 N–H and O–H groups in total. The molecule has 3 rings (SSSR count). The van der Waals surface area contributed by atoms with Gasteiger partial charge in [-0.05, 0) is 19.1 Å². The third kappa shape index (κ3) is 1.77. The summed E-state index contributed by atoms with van der Waals surface area (Å²) >= 11 is 6.01. The number of fused-ring (bicyclic) bond motifs is 1. The molecule has 0 bridgehead atoms. The number of rotatable bonds is 2. The van der Waals surface area contributed by atoms with E-state index in [0.717, 1.165) is 5.56 Å². The molecule has 7 heteroatoms. The van der Waals surface area contributed by atoms with Gasteiger partial charge in [0.05, 0.1) is 22.4 Å². The lowest BCUT2D eigenvalue weighted by molar-refractivity contribution is 0.0696. The first-order valence-electron chi connectivity index (χ1n) is 5.40. The van der Waals surface area contributed by atoms with E-state index in [9.17, 15) is 4.79 Å². The number of hydrogen-bond acceptors (Lipinski definition) is 4. The maximum Gasteiger partial charge on any atom is 0.337 e. The van der Waals surface area contributed by atoms with Gasteiger partial charge in [0.15, 0.2) is 11.5 Å². The van der Waals surface area contributed by atoms with Gasteiger partial charge in [-0.25, -0.2) is 4.79 Å². The van der Waals surface area contributed by atoms with Crippen LogP contribution in [0.3, 0.4) is 0 Å². The van der Waals surface area contributed by atoms with Crippen molar-refractivity contribution in [1.82, 2.24) is 14.6 Å². The van der Waals surface area contributed by atoms with E-state index < -0.39 is 5.97 Å². The van der Waals surface area contributed by atoms with Gasteiger partial charge in [-0.3, -0.25) is 4.40 Å². The van der Waals surface area contributed by atoms with E-state index in [-0.39, 0.29) is 10.6 Å². The lowest BCUT2D eigenvalue weighted by atomic mass is 10.2. The average Bonchev–Trinajstić information content (AvgIpc) is 2.94. The van der Waals surface area contributed by atoms with Gasteiger partial charge in [0, 0.05) is 6.20 Å². The van der Waals surface area contributed by atoms with E-state index in [2.05, 4.69) is 10.2 Å². The van der Waals surface area contributed by atoms with Crippen molar-refractivity contribution in [2.24, 2.45) is 0 Å². The Morgan fingerprint density at radius 1 is 1.47 bits per heavy atom. The van der Waals surface area contributed by atoms with Crippen LogP contribution < -0.4 is 0 Å². The highest BCUT2D eigenvalue weighted by molar-refractivity contribution is 6.33. The third-order valence-corrected chi connectivity index (χ3v) is 3.08. The van der Waals surface area contributed by atoms with E-state index >= 15 is 0 Å². The summed E-state index contributed by atoms with van der Waals surface area (Å²) in [6, 6.07) is 3.09. The largest absolute Gasteiger partial charge is 0.478 e. The SMILES string of the molecule is Cc1occc1-c1nnc2c(Cl)cc(C(=O)O)cn12. The van der Waals surface area contributed by atoms with Gasteiger partial charge in [-0.1, -0.05) is 11.6 Å². The number of carboxylic acid groups (broad SMARTS) is 1. The third-order valence-electron chi connectivity index (χ3n) is 2.81. The normalized spacial score (nSPS) is 11.1. The Balaban J connectivity index is 2.33. The zero-order chi connectivity index (χ0) is 13.6. The molecule has 0 unspecified atom stereocenters.